The predicted molar refractivity (Wildman–Crippen MR) is 137 cm³/mol. The SMILES string of the molecule is CC[C@H](C)NC(=O)[C@@H](C)N(Cc1ccccc1F)C(=O)CCCN(c1ccc(C)cc1)S(C)(=O)=O. The van der Waals surface area contributed by atoms with E-state index in [-0.39, 0.29) is 43.8 Å². The summed E-state index contributed by atoms with van der Waals surface area (Å²) in [7, 11) is -3.55. The van der Waals surface area contributed by atoms with Crippen LogP contribution in [-0.4, -0.2) is 50.0 Å². The fraction of sp³-hybridized carbons (Fsp3) is 0.462. The van der Waals surface area contributed by atoms with Gasteiger partial charge in [-0.15, -0.1) is 0 Å². The number of sulfonamides is 1. The van der Waals surface area contributed by atoms with Crippen molar-refractivity contribution in [3.05, 3.63) is 65.5 Å². The molecule has 2 amide bonds. The summed E-state index contributed by atoms with van der Waals surface area (Å²) < 4.78 is 40.3. The molecule has 2 aromatic rings. The maximum atomic E-state index is 14.3. The van der Waals surface area contributed by atoms with E-state index in [4.69, 9.17) is 0 Å². The zero-order chi connectivity index (χ0) is 26.2. The molecule has 0 fully saturated rings. The fourth-order valence-corrected chi connectivity index (χ4v) is 4.54. The average molecular weight is 506 g/mol. The van der Waals surface area contributed by atoms with E-state index in [1.165, 1.54) is 15.3 Å². The minimum absolute atomic E-state index is 0.00723. The zero-order valence-electron chi connectivity index (χ0n) is 21.1. The van der Waals surface area contributed by atoms with Crippen molar-refractivity contribution in [2.24, 2.45) is 0 Å². The van der Waals surface area contributed by atoms with Gasteiger partial charge in [0.05, 0.1) is 11.9 Å². The number of anilines is 1. The fourth-order valence-electron chi connectivity index (χ4n) is 3.57. The van der Waals surface area contributed by atoms with Gasteiger partial charge in [-0.1, -0.05) is 42.8 Å². The van der Waals surface area contributed by atoms with Crippen LogP contribution in [0.5, 0.6) is 0 Å². The van der Waals surface area contributed by atoms with E-state index in [2.05, 4.69) is 5.32 Å². The Labute approximate surface area is 208 Å². The molecule has 1 N–H and O–H groups in total. The van der Waals surface area contributed by atoms with Crippen LogP contribution < -0.4 is 9.62 Å². The maximum Gasteiger partial charge on any atom is 0.242 e. The first-order chi connectivity index (χ1) is 16.4. The van der Waals surface area contributed by atoms with Crippen molar-refractivity contribution >= 4 is 27.5 Å². The molecule has 0 heterocycles. The minimum Gasteiger partial charge on any atom is -0.352 e. The van der Waals surface area contributed by atoms with Gasteiger partial charge in [-0.25, -0.2) is 12.8 Å². The largest absolute Gasteiger partial charge is 0.352 e. The van der Waals surface area contributed by atoms with Crippen molar-refractivity contribution in [3.63, 3.8) is 0 Å². The van der Waals surface area contributed by atoms with Gasteiger partial charge in [0.25, 0.3) is 0 Å². The summed E-state index contributed by atoms with van der Waals surface area (Å²) in [5, 5.41) is 2.87. The molecule has 2 rings (SSSR count). The Hall–Kier alpha value is -2.94. The Balaban J connectivity index is 2.18. The Kier molecular flexibility index (Phi) is 10.2. The van der Waals surface area contributed by atoms with Crippen LogP contribution in [0.1, 0.15) is 51.2 Å². The molecule has 0 aliphatic carbocycles. The molecule has 0 aromatic heterocycles. The molecular weight excluding hydrogens is 469 g/mol. The highest BCUT2D eigenvalue weighted by Crippen LogP contribution is 2.20. The standard InChI is InChI=1S/C26H36FN3O4S/c1-6-20(3)28-26(32)21(4)29(18-22-10-7-8-11-24(22)27)25(31)12-9-17-30(35(5,33)34)23-15-13-19(2)14-16-23/h7-8,10-11,13-16,20-21H,6,9,12,17-18H2,1-5H3,(H,28,32)/t20-,21+/m0/s1. The highest BCUT2D eigenvalue weighted by molar-refractivity contribution is 7.92. The van der Waals surface area contributed by atoms with Crippen LogP contribution in [0.4, 0.5) is 10.1 Å². The van der Waals surface area contributed by atoms with Crippen LogP contribution in [0.2, 0.25) is 0 Å². The molecule has 2 aromatic carbocycles. The van der Waals surface area contributed by atoms with Crippen molar-refractivity contribution < 1.29 is 22.4 Å². The molecule has 0 saturated carbocycles. The van der Waals surface area contributed by atoms with E-state index in [0.29, 0.717) is 11.3 Å². The topological polar surface area (TPSA) is 86.8 Å². The Bertz CT molecular complexity index is 1110. The quantitative estimate of drug-likeness (QED) is 0.472. The summed E-state index contributed by atoms with van der Waals surface area (Å²) in [5.41, 5.74) is 1.84. The van der Waals surface area contributed by atoms with E-state index in [1.807, 2.05) is 32.9 Å². The molecule has 35 heavy (non-hydrogen) atoms. The third kappa shape index (κ3) is 8.35. The third-order valence-electron chi connectivity index (χ3n) is 5.94. The van der Waals surface area contributed by atoms with Crippen molar-refractivity contribution in [2.45, 2.75) is 65.6 Å². The van der Waals surface area contributed by atoms with E-state index >= 15 is 0 Å². The maximum absolute atomic E-state index is 14.3. The first-order valence-corrected chi connectivity index (χ1v) is 13.7. The summed E-state index contributed by atoms with van der Waals surface area (Å²) in [6.45, 7) is 7.39. The highest BCUT2D eigenvalue weighted by Gasteiger charge is 2.27. The van der Waals surface area contributed by atoms with E-state index in [0.717, 1.165) is 18.2 Å². The van der Waals surface area contributed by atoms with Gasteiger partial charge in [-0.3, -0.25) is 13.9 Å². The number of aryl methyl sites for hydroxylation is 1. The number of halogens is 1. The number of rotatable bonds is 12. The second-order valence-electron chi connectivity index (χ2n) is 8.88. The van der Waals surface area contributed by atoms with Gasteiger partial charge >= 0.3 is 0 Å². The molecule has 0 spiro atoms. The number of carbonyl (C=O) groups is 2. The number of carbonyl (C=O) groups excluding carboxylic acids is 2. The summed E-state index contributed by atoms with van der Waals surface area (Å²) in [4.78, 5) is 27.4. The lowest BCUT2D eigenvalue weighted by Crippen LogP contribution is -2.49. The van der Waals surface area contributed by atoms with Crippen molar-refractivity contribution in [2.75, 3.05) is 17.1 Å². The molecular formula is C26H36FN3O4S. The van der Waals surface area contributed by atoms with Gasteiger partial charge in [0.2, 0.25) is 21.8 Å². The molecule has 0 unspecified atom stereocenters. The molecule has 0 aliphatic rings. The number of nitrogens with one attached hydrogen (secondary N) is 1. The van der Waals surface area contributed by atoms with Gasteiger partial charge in [-0.05, 0) is 51.8 Å². The van der Waals surface area contributed by atoms with Crippen LogP contribution in [0, 0.1) is 12.7 Å². The monoisotopic (exact) mass is 505 g/mol. The number of nitrogens with zero attached hydrogens (tertiary/aromatic N) is 2. The number of hydrogen-bond donors (Lipinski definition) is 1. The van der Waals surface area contributed by atoms with Gasteiger partial charge in [0.15, 0.2) is 0 Å². The van der Waals surface area contributed by atoms with E-state index in [1.54, 1.807) is 37.3 Å². The molecule has 2 atom stereocenters. The smallest absolute Gasteiger partial charge is 0.242 e. The van der Waals surface area contributed by atoms with Crippen LogP contribution in [0.3, 0.4) is 0 Å². The predicted octanol–water partition coefficient (Wildman–Crippen LogP) is 4.01. The first kappa shape index (κ1) is 28.3. The normalized spacial score (nSPS) is 13.1. The molecule has 0 saturated heterocycles. The molecule has 7 nitrogen and oxygen atoms in total. The first-order valence-electron chi connectivity index (χ1n) is 11.8. The van der Waals surface area contributed by atoms with E-state index in [9.17, 15) is 22.4 Å². The Morgan fingerprint density at radius 3 is 2.26 bits per heavy atom. The molecule has 0 radical (unpaired) electrons. The lowest BCUT2D eigenvalue weighted by molar-refractivity contribution is -0.141. The second kappa shape index (κ2) is 12.7. The summed E-state index contributed by atoms with van der Waals surface area (Å²) in [6.07, 6.45) is 2.11. The van der Waals surface area contributed by atoms with Crippen LogP contribution in [0.15, 0.2) is 48.5 Å². The third-order valence-corrected chi connectivity index (χ3v) is 7.14. The second-order valence-corrected chi connectivity index (χ2v) is 10.8. The van der Waals surface area contributed by atoms with Gasteiger partial charge < -0.3 is 10.2 Å². The van der Waals surface area contributed by atoms with Gasteiger partial charge in [-0.2, -0.15) is 0 Å². The average Bonchev–Trinajstić information content (AvgIpc) is 2.80. The molecule has 192 valence electrons. The number of hydrogen-bond acceptors (Lipinski definition) is 4. The molecule has 0 aliphatic heterocycles. The van der Waals surface area contributed by atoms with Crippen LogP contribution in [-0.2, 0) is 26.2 Å². The Morgan fingerprint density at radius 1 is 1.06 bits per heavy atom. The van der Waals surface area contributed by atoms with Gasteiger partial charge in [0, 0.05) is 31.1 Å². The van der Waals surface area contributed by atoms with Crippen molar-refractivity contribution in [1.29, 1.82) is 0 Å². The summed E-state index contributed by atoms with van der Waals surface area (Å²) >= 11 is 0. The van der Waals surface area contributed by atoms with Crippen molar-refractivity contribution in [1.82, 2.24) is 10.2 Å². The van der Waals surface area contributed by atoms with E-state index < -0.39 is 21.9 Å². The van der Waals surface area contributed by atoms with Crippen LogP contribution in [0.25, 0.3) is 0 Å². The molecule has 9 heteroatoms. The highest BCUT2D eigenvalue weighted by atomic mass is 32.2. The Morgan fingerprint density at radius 2 is 1.69 bits per heavy atom. The lowest BCUT2D eigenvalue weighted by atomic mass is 10.1. The van der Waals surface area contributed by atoms with Crippen molar-refractivity contribution in [3.8, 4) is 0 Å². The summed E-state index contributed by atoms with van der Waals surface area (Å²) in [6, 6.07) is 12.4. The van der Waals surface area contributed by atoms with Gasteiger partial charge in [0.1, 0.15) is 11.9 Å². The number of amides is 2. The molecule has 0 bridgehead atoms. The lowest BCUT2D eigenvalue weighted by Gasteiger charge is -2.30. The number of benzene rings is 2. The summed E-state index contributed by atoms with van der Waals surface area (Å²) in [5.74, 6) is -1.12. The zero-order valence-corrected chi connectivity index (χ0v) is 21.9. The minimum atomic E-state index is -3.55. The van der Waals surface area contributed by atoms with Crippen LogP contribution >= 0.6 is 0 Å².